The van der Waals surface area contributed by atoms with E-state index in [2.05, 4.69) is 4.74 Å². The summed E-state index contributed by atoms with van der Waals surface area (Å²) in [7, 11) is 3.12. The Morgan fingerprint density at radius 1 is 1.28 bits per heavy atom. The molecule has 1 fully saturated rings. The van der Waals surface area contributed by atoms with Crippen LogP contribution in [0.15, 0.2) is 18.2 Å². The number of esters is 2. The van der Waals surface area contributed by atoms with Crippen LogP contribution < -0.4 is 9.47 Å². The molecule has 0 bridgehead atoms. The van der Waals surface area contributed by atoms with Gasteiger partial charge in [-0.3, -0.25) is 9.59 Å². The summed E-state index contributed by atoms with van der Waals surface area (Å²) in [6.45, 7) is 0. The van der Waals surface area contributed by atoms with Crippen molar-refractivity contribution in [1.29, 1.82) is 0 Å². The summed E-state index contributed by atoms with van der Waals surface area (Å²) in [5, 5.41) is 0. The molecule has 1 aliphatic heterocycles. The first kappa shape index (κ1) is 12.4. The van der Waals surface area contributed by atoms with E-state index in [0.717, 1.165) is 5.56 Å². The Morgan fingerprint density at radius 3 is 2.61 bits per heavy atom. The molecule has 5 heteroatoms. The third-order valence-corrected chi connectivity index (χ3v) is 2.92. The monoisotopic (exact) mass is 250 g/mol. The molecule has 1 aromatic rings. The number of cyclic esters (lactones) is 2. The molecule has 2 rings (SSSR count). The van der Waals surface area contributed by atoms with Crippen molar-refractivity contribution in [3.05, 3.63) is 23.8 Å². The molecule has 0 spiro atoms. The largest absolute Gasteiger partial charge is 0.497 e. The van der Waals surface area contributed by atoms with E-state index in [1.165, 1.54) is 0 Å². The van der Waals surface area contributed by atoms with Gasteiger partial charge in [-0.2, -0.15) is 0 Å². The zero-order valence-corrected chi connectivity index (χ0v) is 10.3. The lowest BCUT2D eigenvalue weighted by atomic mass is 9.97. The van der Waals surface area contributed by atoms with Gasteiger partial charge >= 0.3 is 11.9 Å². The Bertz CT molecular complexity index is 480. The predicted octanol–water partition coefficient (Wildman–Crippen LogP) is 1.34. The van der Waals surface area contributed by atoms with Gasteiger partial charge in [0, 0.05) is 6.07 Å². The minimum atomic E-state index is -0.461. The normalized spacial score (nSPS) is 18.7. The van der Waals surface area contributed by atoms with Crippen LogP contribution in [0.4, 0.5) is 0 Å². The molecule has 1 aliphatic rings. The smallest absolute Gasteiger partial charge is 0.317 e. The molecule has 0 amide bonds. The molecule has 1 unspecified atom stereocenters. The first-order valence-electron chi connectivity index (χ1n) is 5.59. The fraction of sp³-hybridized carbons (Fsp3) is 0.385. The molecule has 1 heterocycles. The van der Waals surface area contributed by atoms with Gasteiger partial charge in [0.1, 0.15) is 11.5 Å². The van der Waals surface area contributed by atoms with E-state index in [9.17, 15) is 9.59 Å². The summed E-state index contributed by atoms with van der Waals surface area (Å²) in [5.41, 5.74) is 0.856. The highest BCUT2D eigenvalue weighted by molar-refractivity contribution is 5.94. The summed E-state index contributed by atoms with van der Waals surface area (Å²) in [6.07, 6.45) is 0.561. The molecule has 1 aromatic carbocycles. The summed E-state index contributed by atoms with van der Waals surface area (Å²) < 4.78 is 14.9. The second-order valence-corrected chi connectivity index (χ2v) is 4.08. The van der Waals surface area contributed by atoms with Crippen molar-refractivity contribution < 1.29 is 23.8 Å². The van der Waals surface area contributed by atoms with Gasteiger partial charge in [0.15, 0.2) is 0 Å². The van der Waals surface area contributed by atoms with E-state index in [1.54, 1.807) is 26.4 Å². The van der Waals surface area contributed by atoms with Crippen LogP contribution in [0.1, 0.15) is 12.0 Å². The number of methoxy groups -OCH3 is 2. The van der Waals surface area contributed by atoms with Gasteiger partial charge in [-0.05, 0) is 18.1 Å². The molecule has 0 aromatic heterocycles. The molecule has 0 saturated carbocycles. The number of benzene rings is 1. The maximum atomic E-state index is 11.4. The molecular weight excluding hydrogens is 236 g/mol. The highest BCUT2D eigenvalue weighted by Crippen LogP contribution is 2.29. The third-order valence-electron chi connectivity index (χ3n) is 2.92. The van der Waals surface area contributed by atoms with Crippen LogP contribution in [0.25, 0.3) is 0 Å². The van der Waals surface area contributed by atoms with Gasteiger partial charge < -0.3 is 14.2 Å². The van der Waals surface area contributed by atoms with E-state index in [4.69, 9.17) is 9.47 Å². The Kier molecular flexibility index (Phi) is 3.50. The summed E-state index contributed by atoms with van der Waals surface area (Å²) in [6, 6.07) is 5.37. The highest BCUT2D eigenvalue weighted by atomic mass is 16.6. The lowest BCUT2D eigenvalue weighted by Gasteiger charge is -2.11. The van der Waals surface area contributed by atoms with Crippen LogP contribution in [0.3, 0.4) is 0 Å². The topological polar surface area (TPSA) is 61.8 Å². The molecule has 1 saturated heterocycles. The maximum Gasteiger partial charge on any atom is 0.317 e. The van der Waals surface area contributed by atoms with Crippen LogP contribution in [0, 0.1) is 5.92 Å². The van der Waals surface area contributed by atoms with E-state index in [0.29, 0.717) is 17.9 Å². The summed E-state index contributed by atoms with van der Waals surface area (Å²) in [4.78, 5) is 22.4. The lowest BCUT2D eigenvalue weighted by molar-refractivity contribution is -0.153. The highest BCUT2D eigenvalue weighted by Gasteiger charge is 2.33. The second-order valence-electron chi connectivity index (χ2n) is 4.08. The molecule has 5 nitrogen and oxygen atoms in total. The minimum Gasteiger partial charge on any atom is -0.497 e. The quantitative estimate of drug-likeness (QED) is 0.596. The van der Waals surface area contributed by atoms with E-state index in [-0.39, 0.29) is 6.42 Å². The van der Waals surface area contributed by atoms with E-state index >= 15 is 0 Å². The van der Waals surface area contributed by atoms with Gasteiger partial charge in [-0.15, -0.1) is 0 Å². The summed E-state index contributed by atoms with van der Waals surface area (Å²) in [5.74, 6) is -0.0164. The maximum absolute atomic E-state index is 11.4. The number of rotatable bonds is 4. The van der Waals surface area contributed by atoms with Crippen LogP contribution in [0.2, 0.25) is 0 Å². The molecule has 0 N–H and O–H groups in total. The number of hydrogen-bond acceptors (Lipinski definition) is 5. The van der Waals surface area contributed by atoms with Crippen molar-refractivity contribution in [3.8, 4) is 11.5 Å². The van der Waals surface area contributed by atoms with Gasteiger partial charge in [-0.25, -0.2) is 0 Å². The van der Waals surface area contributed by atoms with Gasteiger partial charge in [0.05, 0.1) is 26.6 Å². The zero-order chi connectivity index (χ0) is 13.1. The van der Waals surface area contributed by atoms with Crippen molar-refractivity contribution in [2.24, 2.45) is 5.92 Å². The van der Waals surface area contributed by atoms with Gasteiger partial charge in [0.25, 0.3) is 0 Å². The van der Waals surface area contributed by atoms with Crippen molar-refractivity contribution in [1.82, 2.24) is 0 Å². The van der Waals surface area contributed by atoms with Crippen molar-refractivity contribution in [2.45, 2.75) is 12.8 Å². The summed E-state index contributed by atoms with van der Waals surface area (Å²) >= 11 is 0. The van der Waals surface area contributed by atoms with Crippen LogP contribution in [-0.2, 0) is 20.7 Å². The minimum absolute atomic E-state index is 0.133. The Hall–Kier alpha value is -2.04. The van der Waals surface area contributed by atoms with Crippen LogP contribution in [0.5, 0.6) is 11.5 Å². The number of hydrogen-bond donors (Lipinski definition) is 0. The predicted molar refractivity (Wildman–Crippen MR) is 62.5 cm³/mol. The van der Waals surface area contributed by atoms with Crippen molar-refractivity contribution in [2.75, 3.05) is 14.2 Å². The zero-order valence-electron chi connectivity index (χ0n) is 10.3. The molecule has 96 valence electrons. The average Bonchev–Trinajstić information content (AvgIpc) is 2.68. The molecule has 1 atom stereocenters. The Balaban J connectivity index is 2.18. The third kappa shape index (κ3) is 2.45. The first-order chi connectivity index (χ1) is 8.63. The molecular formula is C13H14O5. The fourth-order valence-corrected chi connectivity index (χ4v) is 1.96. The number of ether oxygens (including phenoxy) is 3. The van der Waals surface area contributed by atoms with Crippen molar-refractivity contribution in [3.63, 3.8) is 0 Å². The second kappa shape index (κ2) is 5.08. The van der Waals surface area contributed by atoms with E-state index < -0.39 is 17.9 Å². The SMILES string of the molecule is COc1ccc(CC2CC(=O)OC2=O)c(OC)c1. The molecule has 0 aliphatic carbocycles. The van der Waals surface area contributed by atoms with Crippen LogP contribution >= 0.6 is 0 Å². The van der Waals surface area contributed by atoms with Crippen molar-refractivity contribution >= 4 is 11.9 Å². The average molecular weight is 250 g/mol. The Morgan fingerprint density at radius 2 is 2.06 bits per heavy atom. The standard InChI is InChI=1S/C13H14O5/c1-16-10-4-3-8(11(7-10)17-2)5-9-6-12(14)18-13(9)15/h3-4,7,9H,5-6H2,1-2H3. The Labute approximate surface area is 105 Å². The van der Waals surface area contributed by atoms with Gasteiger partial charge in [0.2, 0.25) is 0 Å². The first-order valence-corrected chi connectivity index (χ1v) is 5.59. The number of carbonyl (C=O) groups is 2. The van der Waals surface area contributed by atoms with Crippen LogP contribution in [-0.4, -0.2) is 26.2 Å². The fourth-order valence-electron chi connectivity index (χ4n) is 1.96. The van der Waals surface area contributed by atoms with Gasteiger partial charge in [-0.1, -0.05) is 6.07 Å². The number of carbonyl (C=O) groups excluding carboxylic acids is 2. The molecule has 0 radical (unpaired) electrons. The molecule has 18 heavy (non-hydrogen) atoms. The van der Waals surface area contributed by atoms with E-state index in [1.807, 2.05) is 6.07 Å². The lowest BCUT2D eigenvalue weighted by Crippen LogP contribution is -2.11.